The molecule has 1 amide bonds. The van der Waals surface area contributed by atoms with E-state index in [1.165, 1.54) is 23.9 Å². The molecule has 1 saturated heterocycles. The van der Waals surface area contributed by atoms with Crippen LogP contribution in [-0.4, -0.2) is 56.5 Å². The van der Waals surface area contributed by atoms with Gasteiger partial charge in [-0.1, -0.05) is 6.92 Å². The zero-order valence-electron chi connectivity index (χ0n) is 14.1. The van der Waals surface area contributed by atoms with Crippen molar-refractivity contribution in [1.29, 1.82) is 0 Å². The number of rotatable bonds is 5. The van der Waals surface area contributed by atoms with E-state index in [0.29, 0.717) is 19.0 Å². The molecule has 2 heterocycles. The van der Waals surface area contributed by atoms with E-state index in [-0.39, 0.29) is 23.1 Å². The van der Waals surface area contributed by atoms with Crippen molar-refractivity contribution in [1.82, 2.24) is 14.2 Å². The summed E-state index contributed by atoms with van der Waals surface area (Å²) in [6, 6.07) is 1.22. The molecule has 1 aliphatic rings. The number of carbonyl (C=O) groups excluding carboxylic acids is 2. The smallest absolute Gasteiger partial charge is 0.355 e. The third kappa shape index (κ3) is 4.15. The highest BCUT2D eigenvalue weighted by Gasteiger charge is 2.23. The van der Waals surface area contributed by atoms with Gasteiger partial charge in [-0.2, -0.15) is 0 Å². The normalized spacial score (nSPS) is 16.2. The van der Waals surface area contributed by atoms with Gasteiger partial charge in [-0.3, -0.25) is 4.79 Å². The molecule has 134 valence electrons. The molecule has 1 aliphatic heterocycles. The number of sulfonamides is 1. The highest BCUT2D eigenvalue weighted by atomic mass is 32.2. The molecule has 9 heteroatoms. The minimum atomic E-state index is -3.64. The number of hydrogen-bond donors (Lipinski definition) is 1. The van der Waals surface area contributed by atoms with Gasteiger partial charge in [0.2, 0.25) is 10.0 Å². The van der Waals surface area contributed by atoms with Crippen molar-refractivity contribution in [3.8, 4) is 0 Å². The van der Waals surface area contributed by atoms with Crippen molar-refractivity contribution in [2.24, 2.45) is 13.0 Å². The summed E-state index contributed by atoms with van der Waals surface area (Å²) in [5.41, 5.74) is 0.0730. The van der Waals surface area contributed by atoms with Gasteiger partial charge in [-0.25, -0.2) is 17.9 Å². The first-order valence-corrected chi connectivity index (χ1v) is 9.27. The number of amides is 1. The Kier molecular flexibility index (Phi) is 5.66. The van der Waals surface area contributed by atoms with Gasteiger partial charge < -0.3 is 14.2 Å². The lowest BCUT2D eigenvalue weighted by Crippen LogP contribution is -2.40. The van der Waals surface area contributed by atoms with Crippen LogP contribution >= 0.6 is 0 Å². The van der Waals surface area contributed by atoms with Crippen molar-refractivity contribution in [3.05, 3.63) is 18.0 Å². The Bertz CT molecular complexity index is 717. The molecule has 0 atom stereocenters. The third-order valence-electron chi connectivity index (χ3n) is 4.23. The van der Waals surface area contributed by atoms with Gasteiger partial charge in [0, 0.05) is 26.3 Å². The van der Waals surface area contributed by atoms with E-state index in [1.54, 1.807) is 11.9 Å². The average Bonchev–Trinajstić information content (AvgIpc) is 2.95. The SMILES string of the molecule is CNS(=O)(=O)c1cc(C(=O)OCC(=O)N2CCC(C)CC2)n(C)c1. The quantitative estimate of drug-likeness (QED) is 0.767. The highest BCUT2D eigenvalue weighted by Crippen LogP contribution is 2.17. The summed E-state index contributed by atoms with van der Waals surface area (Å²) < 4.78 is 32.1. The maximum atomic E-state index is 12.1. The van der Waals surface area contributed by atoms with Crippen LogP contribution < -0.4 is 4.72 Å². The molecule has 0 spiro atoms. The molecule has 1 aromatic heterocycles. The first-order valence-electron chi connectivity index (χ1n) is 7.79. The van der Waals surface area contributed by atoms with Crippen molar-refractivity contribution >= 4 is 21.9 Å². The second-order valence-electron chi connectivity index (χ2n) is 6.02. The molecule has 0 bridgehead atoms. The van der Waals surface area contributed by atoms with Crippen LogP contribution in [0.3, 0.4) is 0 Å². The maximum absolute atomic E-state index is 12.1. The molecule has 1 fully saturated rings. The van der Waals surface area contributed by atoms with Crippen molar-refractivity contribution in [2.75, 3.05) is 26.7 Å². The number of hydrogen-bond acceptors (Lipinski definition) is 5. The molecule has 1 N–H and O–H groups in total. The summed E-state index contributed by atoms with van der Waals surface area (Å²) in [7, 11) is -0.810. The molecule has 24 heavy (non-hydrogen) atoms. The zero-order valence-corrected chi connectivity index (χ0v) is 14.9. The monoisotopic (exact) mass is 357 g/mol. The van der Waals surface area contributed by atoms with Gasteiger partial charge >= 0.3 is 5.97 Å². The first kappa shape index (κ1) is 18.5. The molecule has 0 radical (unpaired) electrons. The van der Waals surface area contributed by atoms with Crippen LogP contribution in [0.2, 0.25) is 0 Å². The predicted octanol–water partition coefficient (Wildman–Crippen LogP) is 0.348. The Hall–Kier alpha value is -1.87. The van der Waals surface area contributed by atoms with E-state index in [9.17, 15) is 18.0 Å². The van der Waals surface area contributed by atoms with E-state index in [1.807, 2.05) is 0 Å². The van der Waals surface area contributed by atoms with Crippen LogP contribution in [0.1, 0.15) is 30.3 Å². The Morgan fingerprint density at radius 2 is 1.96 bits per heavy atom. The van der Waals surface area contributed by atoms with E-state index in [4.69, 9.17) is 4.74 Å². The molecule has 0 unspecified atom stereocenters. The minimum absolute atomic E-state index is 0.0317. The fraction of sp³-hybridized carbons (Fsp3) is 0.600. The maximum Gasteiger partial charge on any atom is 0.355 e. The summed E-state index contributed by atoms with van der Waals surface area (Å²) in [5, 5.41) is 0. The van der Waals surface area contributed by atoms with Crippen molar-refractivity contribution in [2.45, 2.75) is 24.7 Å². The van der Waals surface area contributed by atoms with E-state index < -0.39 is 16.0 Å². The fourth-order valence-corrected chi connectivity index (χ4v) is 3.35. The van der Waals surface area contributed by atoms with E-state index in [0.717, 1.165) is 12.8 Å². The number of nitrogens with one attached hydrogen (secondary N) is 1. The number of ether oxygens (including phenoxy) is 1. The predicted molar refractivity (Wildman–Crippen MR) is 86.9 cm³/mol. The van der Waals surface area contributed by atoms with Gasteiger partial charge in [-0.15, -0.1) is 0 Å². The molecule has 0 saturated carbocycles. The summed E-state index contributed by atoms with van der Waals surface area (Å²) >= 11 is 0. The van der Waals surface area contributed by atoms with E-state index in [2.05, 4.69) is 11.6 Å². The van der Waals surface area contributed by atoms with Crippen molar-refractivity contribution in [3.63, 3.8) is 0 Å². The molecule has 8 nitrogen and oxygen atoms in total. The molecular formula is C15H23N3O5S. The van der Waals surface area contributed by atoms with Crippen LogP contribution in [0.15, 0.2) is 17.2 Å². The van der Waals surface area contributed by atoms with Gasteiger partial charge in [-0.05, 0) is 31.9 Å². The largest absolute Gasteiger partial charge is 0.451 e. The summed E-state index contributed by atoms with van der Waals surface area (Å²) in [4.78, 5) is 25.8. The average molecular weight is 357 g/mol. The van der Waals surface area contributed by atoms with Gasteiger partial charge in [0.15, 0.2) is 6.61 Å². The number of likely N-dealkylation sites (tertiary alicyclic amines) is 1. The van der Waals surface area contributed by atoms with Crippen LogP contribution in [0, 0.1) is 5.92 Å². The molecule has 1 aromatic rings. The number of piperidine rings is 1. The number of aromatic nitrogens is 1. The molecular weight excluding hydrogens is 334 g/mol. The highest BCUT2D eigenvalue weighted by molar-refractivity contribution is 7.89. The second kappa shape index (κ2) is 7.35. The number of carbonyl (C=O) groups is 2. The zero-order chi connectivity index (χ0) is 17.9. The fourth-order valence-electron chi connectivity index (χ4n) is 2.55. The number of aryl methyl sites for hydroxylation is 1. The van der Waals surface area contributed by atoms with Gasteiger partial charge in [0.05, 0.1) is 0 Å². The Labute approximate surface area is 141 Å². The standard InChI is InChI=1S/C15H23N3O5S/c1-11-4-6-18(7-5-11)14(19)10-23-15(20)13-8-12(9-17(13)3)24(21,22)16-2/h8-9,11,16H,4-7,10H2,1-3H3. The van der Waals surface area contributed by atoms with Gasteiger partial charge in [0.1, 0.15) is 10.6 Å². The first-order chi connectivity index (χ1) is 11.2. The molecule has 0 aliphatic carbocycles. The van der Waals surface area contributed by atoms with E-state index >= 15 is 0 Å². The van der Waals surface area contributed by atoms with Crippen LogP contribution in [0.5, 0.6) is 0 Å². The molecule has 0 aromatic carbocycles. The third-order valence-corrected chi connectivity index (χ3v) is 5.61. The Morgan fingerprint density at radius 1 is 1.33 bits per heavy atom. The van der Waals surface area contributed by atoms with Crippen LogP contribution in [-0.2, 0) is 26.6 Å². The lowest BCUT2D eigenvalue weighted by Gasteiger charge is -2.30. The number of nitrogens with zero attached hydrogens (tertiary/aromatic N) is 2. The van der Waals surface area contributed by atoms with Gasteiger partial charge in [0.25, 0.3) is 5.91 Å². The topological polar surface area (TPSA) is 97.7 Å². The lowest BCUT2D eigenvalue weighted by atomic mass is 9.99. The summed E-state index contributed by atoms with van der Waals surface area (Å²) in [5.74, 6) is -0.353. The summed E-state index contributed by atoms with van der Waals surface area (Å²) in [6.45, 7) is 3.15. The Morgan fingerprint density at radius 3 is 2.54 bits per heavy atom. The van der Waals surface area contributed by atoms with Crippen LogP contribution in [0.25, 0.3) is 0 Å². The minimum Gasteiger partial charge on any atom is -0.451 e. The summed E-state index contributed by atoms with van der Waals surface area (Å²) in [6.07, 6.45) is 3.21. The second-order valence-corrected chi connectivity index (χ2v) is 7.91. The number of esters is 1. The van der Waals surface area contributed by atoms with Crippen LogP contribution in [0.4, 0.5) is 0 Å². The van der Waals surface area contributed by atoms with Crippen molar-refractivity contribution < 1.29 is 22.7 Å². The lowest BCUT2D eigenvalue weighted by molar-refractivity contribution is -0.135. The molecule has 2 rings (SSSR count). The Balaban J connectivity index is 1.97.